The van der Waals surface area contributed by atoms with Gasteiger partial charge in [0.05, 0.1) is 0 Å². The SMILES string of the molecule is CSC1=CC(=O)C2=Cc3cc(Cl)ccc3C2=C1. The second-order valence-corrected chi connectivity index (χ2v) is 5.28. The maximum Gasteiger partial charge on any atom is 0.187 e. The molecule has 0 aromatic heterocycles. The van der Waals surface area contributed by atoms with E-state index in [-0.39, 0.29) is 5.78 Å². The molecule has 2 aliphatic rings. The lowest BCUT2D eigenvalue weighted by Gasteiger charge is -2.11. The quantitative estimate of drug-likeness (QED) is 0.761. The molecule has 0 aliphatic heterocycles. The third kappa shape index (κ3) is 1.68. The van der Waals surface area contributed by atoms with Gasteiger partial charge in [-0.15, -0.1) is 11.8 Å². The van der Waals surface area contributed by atoms with Gasteiger partial charge in [-0.25, -0.2) is 0 Å². The first-order valence-electron chi connectivity index (χ1n) is 5.23. The molecule has 0 heterocycles. The van der Waals surface area contributed by atoms with E-state index in [4.69, 9.17) is 11.6 Å². The molecule has 1 aromatic carbocycles. The molecular formula is C14H9ClOS. The minimum absolute atomic E-state index is 0.0826. The van der Waals surface area contributed by atoms with Gasteiger partial charge in [-0.1, -0.05) is 17.7 Å². The van der Waals surface area contributed by atoms with Gasteiger partial charge in [0.1, 0.15) is 0 Å². The second kappa shape index (κ2) is 3.90. The molecule has 1 aromatic rings. The average molecular weight is 261 g/mol. The van der Waals surface area contributed by atoms with Crippen LogP contribution in [0.25, 0.3) is 11.6 Å². The number of ketones is 1. The average Bonchev–Trinajstić information content (AvgIpc) is 2.67. The van der Waals surface area contributed by atoms with Crippen molar-refractivity contribution in [3.8, 4) is 0 Å². The van der Waals surface area contributed by atoms with Gasteiger partial charge in [0.15, 0.2) is 5.78 Å². The van der Waals surface area contributed by atoms with Crippen molar-refractivity contribution in [3.05, 3.63) is 57.0 Å². The Hall–Kier alpha value is -1.25. The van der Waals surface area contributed by atoms with E-state index in [1.165, 1.54) is 0 Å². The number of carbonyl (C=O) groups is 1. The zero-order valence-electron chi connectivity index (χ0n) is 9.16. The lowest BCUT2D eigenvalue weighted by Crippen LogP contribution is -2.03. The Balaban J connectivity index is 2.20. The van der Waals surface area contributed by atoms with E-state index < -0.39 is 0 Å². The predicted octanol–water partition coefficient (Wildman–Crippen LogP) is 3.95. The Morgan fingerprint density at radius 2 is 1.94 bits per heavy atom. The molecule has 0 radical (unpaired) electrons. The Bertz CT molecular complexity index is 623. The van der Waals surface area contributed by atoms with E-state index in [1.54, 1.807) is 17.8 Å². The molecule has 0 N–H and O–H groups in total. The number of halogens is 1. The number of rotatable bonds is 1. The third-order valence-electron chi connectivity index (χ3n) is 2.95. The molecule has 17 heavy (non-hydrogen) atoms. The molecule has 0 amide bonds. The van der Waals surface area contributed by atoms with Gasteiger partial charge in [0, 0.05) is 15.5 Å². The molecule has 0 fully saturated rings. The zero-order valence-corrected chi connectivity index (χ0v) is 10.7. The third-order valence-corrected chi connectivity index (χ3v) is 3.90. The van der Waals surface area contributed by atoms with Crippen LogP contribution in [0.5, 0.6) is 0 Å². The van der Waals surface area contributed by atoms with Crippen LogP contribution in [-0.4, -0.2) is 12.0 Å². The van der Waals surface area contributed by atoms with E-state index in [0.717, 1.165) is 27.2 Å². The maximum atomic E-state index is 12.0. The van der Waals surface area contributed by atoms with Crippen molar-refractivity contribution in [1.29, 1.82) is 0 Å². The highest BCUT2D eigenvalue weighted by molar-refractivity contribution is 8.02. The van der Waals surface area contributed by atoms with Crippen molar-refractivity contribution in [1.82, 2.24) is 0 Å². The molecular weight excluding hydrogens is 252 g/mol. The monoisotopic (exact) mass is 260 g/mol. The van der Waals surface area contributed by atoms with Crippen LogP contribution in [0.3, 0.4) is 0 Å². The van der Waals surface area contributed by atoms with E-state index in [1.807, 2.05) is 30.5 Å². The van der Waals surface area contributed by atoms with E-state index in [9.17, 15) is 4.79 Å². The fourth-order valence-electron chi connectivity index (χ4n) is 2.14. The number of fused-ring (bicyclic) bond motifs is 3. The molecule has 0 unspecified atom stereocenters. The molecule has 84 valence electrons. The lowest BCUT2D eigenvalue weighted by molar-refractivity contribution is -0.110. The molecule has 0 saturated carbocycles. The van der Waals surface area contributed by atoms with Crippen LogP contribution in [0.15, 0.2) is 40.8 Å². The molecule has 0 atom stereocenters. The molecule has 3 rings (SSSR count). The van der Waals surface area contributed by atoms with Crippen LogP contribution in [-0.2, 0) is 4.79 Å². The number of thioether (sulfide) groups is 1. The maximum absolute atomic E-state index is 12.0. The molecule has 0 bridgehead atoms. The Kier molecular flexibility index (Phi) is 2.49. The van der Waals surface area contributed by atoms with Crippen LogP contribution in [0, 0.1) is 0 Å². The summed E-state index contributed by atoms with van der Waals surface area (Å²) < 4.78 is 0. The van der Waals surface area contributed by atoms with Gasteiger partial charge >= 0.3 is 0 Å². The van der Waals surface area contributed by atoms with Crippen LogP contribution in [0.1, 0.15) is 11.1 Å². The fraction of sp³-hybridized carbons (Fsp3) is 0.0714. The summed E-state index contributed by atoms with van der Waals surface area (Å²) in [4.78, 5) is 13.0. The first-order chi connectivity index (χ1) is 8.19. The summed E-state index contributed by atoms with van der Waals surface area (Å²) >= 11 is 7.55. The summed E-state index contributed by atoms with van der Waals surface area (Å²) in [5.41, 5.74) is 3.92. The molecule has 1 nitrogen and oxygen atoms in total. The Morgan fingerprint density at radius 1 is 1.12 bits per heavy atom. The highest BCUT2D eigenvalue weighted by Crippen LogP contribution is 2.41. The highest BCUT2D eigenvalue weighted by Gasteiger charge is 2.26. The molecule has 3 heteroatoms. The van der Waals surface area contributed by atoms with Gasteiger partial charge in [0.2, 0.25) is 0 Å². The largest absolute Gasteiger partial charge is 0.289 e. The first kappa shape index (κ1) is 10.9. The minimum Gasteiger partial charge on any atom is -0.289 e. The van der Waals surface area contributed by atoms with E-state index in [0.29, 0.717) is 5.02 Å². The lowest BCUT2D eigenvalue weighted by atomic mass is 9.96. The summed E-state index contributed by atoms with van der Waals surface area (Å²) in [7, 11) is 0. The van der Waals surface area contributed by atoms with Crippen molar-refractivity contribution in [2.75, 3.05) is 6.26 Å². The summed E-state index contributed by atoms with van der Waals surface area (Å²) in [5, 5.41) is 0.699. The Labute approximate surface area is 109 Å². The normalized spacial score (nSPS) is 17.1. The summed E-state index contributed by atoms with van der Waals surface area (Å²) in [6.07, 6.45) is 7.65. The Morgan fingerprint density at radius 3 is 2.71 bits per heavy atom. The number of hydrogen-bond donors (Lipinski definition) is 0. The van der Waals surface area contributed by atoms with Gasteiger partial charge in [-0.3, -0.25) is 4.79 Å². The van der Waals surface area contributed by atoms with Crippen molar-refractivity contribution >= 4 is 40.8 Å². The fourth-order valence-corrected chi connectivity index (χ4v) is 2.79. The van der Waals surface area contributed by atoms with E-state index in [2.05, 4.69) is 6.08 Å². The minimum atomic E-state index is 0.0826. The van der Waals surface area contributed by atoms with Gasteiger partial charge in [-0.05, 0) is 53.3 Å². The molecule has 0 spiro atoms. The molecule has 2 aliphatic carbocycles. The van der Waals surface area contributed by atoms with Crippen molar-refractivity contribution in [2.45, 2.75) is 0 Å². The highest BCUT2D eigenvalue weighted by atomic mass is 35.5. The van der Waals surface area contributed by atoms with Crippen molar-refractivity contribution in [2.24, 2.45) is 0 Å². The summed E-state index contributed by atoms with van der Waals surface area (Å²) in [5.74, 6) is 0.0826. The van der Waals surface area contributed by atoms with Crippen LogP contribution >= 0.6 is 23.4 Å². The van der Waals surface area contributed by atoms with Crippen molar-refractivity contribution < 1.29 is 4.79 Å². The number of allylic oxidation sites excluding steroid dienone is 4. The van der Waals surface area contributed by atoms with E-state index >= 15 is 0 Å². The second-order valence-electron chi connectivity index (χ2n) is 3.96. The van der Waals surface area contributed by atoms with Gasteiger partial charge in [-0.2, -0.15) is 0 Å². The first-order valence-corrected chi connectivity index (χ1v) is 6.83. The summed E-state index contributed by atoms with van der Waals surface area (Å²) in [6, 6.07) is 5.73. The number of benzene rings is 1. The number of carbonyl (C=O) groups excluding carboxylic acids is 1. The molecule has 0 saturated heterocycles. The topological polar surface area (TPSA) is 17.1 Å². The summed E-state index contributed by atoms with van der Waals surface area (Å²) in [6.45, 7) is 0. The predicted molar refractivity (Wildman–Crippen MR) is 74.0 cm³/mol. The standard InChI is InChI=1S/C14H9ClOS/c1-17-10-6-12-11-3-2-9(15)4-8(11)5-13(12)14(16)7-10/h2-7H,1H3. The zero-order chi connectivity index (χ0) is 12.0. The van der Waals surface area contributed by atoms with Crippen molar-refractivity contribution in [3.63, 3.8) is 0 Å². The van der Waals surface area contributed by atoms with Gasteiger partial charge < -0.3 is 0 Å². The smallest absolute Gasteiger partial charge is 0.187 e. The van der Waals surface area contributed by atoms with Crippen LogP contribution in [0.4, 0.5) is 0 Å². The van der Waals surface area contributed by atoms with Crippen LogP contribution < -0.4 is 0 Å². The van der Waals surface area contributed by atoms with Crippen LogP contribution in [0.2, 0.25) is 5.02 Å². The number of hydrogen-bond acceptors (Lipinski definition) is 2. The van der Waals surface area contributed by atoms with Gasteiger partial charge in [0.25, 0.3) is 0 Å².